The average molecular weight is 262 g/mol. The van der Waals surface area contributed by atoms with E-state index in [0.717, 1.165) is 0 Å². The number of aliphatic carboxylic acids is 1. The molecule has 16 heavy (non-hydrogen) atoms. The zero-order valence-corrected chi connectivity index (χ0v) is 10.5. The maximum atomic E-state index is 11.7. The Morgan fingerprint density at radius 2 is 2.19 bits per heavy atom. The van der Waals surface area contributed by atoms with Crippen molar-refractivity contribution in [3.8, 4) is 0 Å². The Kier molecular flexibility index (Phi) is 3.93. The molecule has 0 fully saturated rings. The van der Waals surface area contributed by atoms with Gasteiger partial charge in [0.25, 0.3) is 5.91 Å². The van der Waals surface area contributed by atoms with E-state index in [1.54, 1.807) is 25.3 Å². The maximum Gasteiger partial charge on any atom is 0.305 e. The zero-order valence-electron chi connectivity index (χ0n) is 8.91. The predicted molar refractivity (Wildman–Crippen MR) is 63.1 cm³/mol. The first-order valence-electron chi connectivity index (χ1n) is 4.59. The zero-order chi connectivity index (χ0) is 12.3. The highest BCUT2D eigenvalue weighted by Crippen LogP contribution is 2.22. The van der Waals surface area contributed by atoms with Crippen LogP contribution in [0.3, 0.4) is 0 Å². The summed E-state index contributed by atoms with van der Waals surface area (Å²) < 4.78 is 0. The monoisotopic (exact) mass is 261 g/mol. The molecule has 1 rings (SSSR count). The molecule has 0 bridgehead atoms. The molecule has 0 spiro atoms. The van der Waals surface area contributed by atoms with Crippen molar-refractivity contribution >= 4 is 34.8 Å². The van der Waals surface area contributed by atoms with Crippen LogP contribution in [0.4, 0.5) is 0 Å². The number of rotatable bonds is 4. The minimum atomic E-state index is -0.956. The highest BCUT2D eigenvalue weighted by molar-refractivity contribution is 7.12. The molecule has 1 aromatic rings. The quantitative estimate of drug-likeness (QED) is 0.875. The van der Waals surface area contributed by atoms with Crippen molar-refractivity contribution in [1.82, 2.24) is 5.32 Å². The molecule has 4 nitrogen and oxygen atoms in total. The summed E-state index contributed by atoms with van der Waals surface area (Å²) in [5.74, 6) is -1.30. The Labute approximate surface area is 102 Å². The van der Waals surface area contributed by atoms with Crippen LogP contribution in [0.2, 0.25) is 5.02 Å². The van der Waals surface area contributed by atoms with Gasteiger partial charge in [-0.3, -0.25) is 9.59 Å². The highest BCUT2D eigenvalue weighted by atomic mass is 35.5. The van der Waals surface area contributed by atoms with E-state index < -0.39 is 11.5 Å². The van der Waals surface area contributed by atoms with Gasteiger partial charge in [0.05, 0.1) is 11.4 Å². The van der Waals surface area contributed by atoms with E-state index in [2.05, 4.69) is 5.32 Å². The summed E-state index contributed by atoms with van der Waals surface area (Å²) >= 11 is 7.03. The molecule has 0 radical (unpaired) electrons. The first-order chi connectivity index (χ1) is 7.32. The van der Waals surface area contributed by atoms with Crippen LogP contribution in [0.15, 0.2) is 11.4 Å². The van der Waals surface area contributed by atoms with Crippen LogP contribution >= 0.6 is 22.9 Å². The second kappa shape index (κ2) is 4.84. The van der Waals surface area contributed by atoms with Crippen molar-refractivity contribution in [3.05, 3.63) is 21.3 Å². The normalized spacial score (nSPS) is 11.2. The third kappa shape index (κ3) is 3.50. The fourth-order valence-electron chi connectivity index (χ4n) is 1.24. The molecule has 0 aliphatic heterocycles. The minimum absolute atomic E-state index is 0.137. The van der Waals surface area contributed by atoms with Gasteiger partial charge in [-0.15, -0.1) is 11.3 Å². The number of carboxylic acids is 1. The molecule has 1 aromatic heterocycles. The number of hydrogen-bond donors (Lipinski definition) is 2. The molecule has 1 amide bonds. The largest absolute Gasteiger partial charge is 0.481 e. The number of hydrogen-bond acceptors (Lipinski definition) is 3. The van der Waals surface area contributed by atoms with Gasteiger partial charge in [0.2, 0.25) is 0 Å². The van der Waals surface area contributed by atoms with Crippen LogP contribution < -0.4 is 5.32 Å². The summed E-state index contributed by atoms with van der Waals surface area (Å²) in [6.07, 6.45) is -0.137. The van der Waals surface area contributed by atoms with E-state index in [0.29, 0.717) is 9.90 Å². The molecule has 0 aromatic carbocycles. The molecule has 0 aliphatic rings. The van der Waals surface area contributed by atoms with Crippen LogP contribution in [0.1, 0.15) is 29.9 Å². The standard InChI is InChI=1S/C10H12ClNO3S/c1-10(2,5-7(13)14)12-9(15)8-6(11)3-4-16-8/h3-4H,5H2,1-2H3,(H,12,15)(H,13,14). The van der Waals surface area contributed by atoms with Gasteiger partial charge in [-0.05, 0) is 25.3 Å². The van der Waals surface area contributed by atoms with Crippen molar-refractivity contribution in [2.45, 2.75) is 25.8 Å². The smallest absolute Gasteiger partial charge is 0.305 e. The first kappa shape index (κ1) is 13.0. The van der Waals surface area contributed by atoms with Crippen molar-refractivity contribution in [2.24, 2.45) is 0 Å². The number of thiophene rings is 1. The van der Waals surface area contributed by atoms with E-state index in [9.17, 15) is 9.59 Å². The van der Waals surface area contributed by atoms with Gasteiger partial charge < -0.3 is 10.4 Å². The molecule has 0 unspecified atom stereocenters. The summed E-state index contributed by atoms with van der Waals surface area (Å²) in [4.78, 5) is 22.7. The molecule has 1 heterocycles. The summed E-state index contributed by atoms with van der Waals surface area (Å²) in [7, 11) is 0. The molecule has 2 N–H and O–H groups in total. The van der Waals surface area contributed by atoms with Gasteiger partial charge in [0.15, 0.2) is 0 Å². The number of carbonyl (C=O) groups excluding carboxylic acids is 1. The predicted octanol–water partition coefficient (Wildman–Crippen LogP) is 2.38. The van der Waals surface area contributed by atoms with Gasteiger partial charge in [-0.2, -0.15) is 0 Å². The second-order valence-electron chi connectivity index (χ2n) is 4.01. The van der Waals surface area contributed by atoms with E-state index in [1.807, 2.05) is 0 Å². The Morgan fingerprint density at radius 3 is 2.62 bits per heavy atom. The van der Waals surface area contributed by atoms with Gasteiger partial charge in [0, 0.05) is 5.54 Å². The lowest BCUT2D eigenvalue weighted by Crippen LogP contribution is -2.44. The third-order valence-electron chi connectivity index (χ3n) is 1.87. The molecule has 88 valence electrons. The van der Waals surface area contributed by atoms with Crippen molar-refractivity contribution < 1.29 is 14.7 Å². The Balaban J connectivity index is 2.71. The Morgan fingerprint density at radius 1 is 1.56 bits per heavy atom. The van der Waals surface area contributed by atoms with E-state index in [4.69, 9.17) is 16.7 Å². The minimum Gasteiger partial charge on any atom is -0.481 e. The van der Waals surface area contributed by atoms with Crippen LogP contribution in [0, 0.1) is 0 Å². The van der Waals surface area contributed by atoms with Crippen LogP contribution in [-0.4, -0.2) is 22.5 Å². The fourth-order valence-corrected chi connectivity index (χ4v) is 2.28. The molecule has 6 heteroatoms. The van der Waals surface area contributed by atoms with Gasteiger partial charge in [-0.1, -0.05) is 11.6 Å². The highest BCUT2D eigenvalue weighted by Gasteiger charge is 2.25. The fraction of sp³-hybridized carbons (Fsp3) is 0.400. The van der Waals surface area contributed by atoms with Gasteiger partial charge >= 0.3 is 5.97 Å². The summed E-state index contributed by atoms with van der Waals surface area (Å²) in [6, 6.07) is 1.63. The van der Waals surface area contributed by atoms with Crippen molar-refractivity contribution in [2.75, 3.05) is 0 Å². The van der Waals surface area contributed by atoms with Crippen LogP contribution in [0.25, 0.3) is 0 Å². The number of carboxylic acid groups (broad SMARTS) is 1. The maximum absolute atomic E-state index is 11.7. The average Bonchev–Trinajstić information content (AvgIpc) is 2.47. The van der Waals surface area contributed by atoms with Crippen LogP contribution in [-0.2, 0) is 4.79 Å². The van der Waals surface area contributed by atoms with Crippen LogP contribution in [0.5, 0.6) is 0 Å². The SMILES string of the molecule is CC(C)(CC(=O)O)NC(=O)c1sccc1Cl. The second-order valence-corrected chi connectivity index (χ2v) is 5.33. The number of nitrogens with one attached hydrogen (secondary N) is 1. The molecule has 0 saturated heterocycles. The van der Waals surface area contributed by atoms with Crippen molar-refractivity contribution in [3.63, 3.8) is 0 Å². The lowest BCUT2D eigenvalue weighted by molar-refractivity contribution is -0.138. The van der Waals surface area contributed by atoms with E-state index >= 15 is 0 Å². The van der Waals surface area contributed by atoms with E-state index in [1.165, 1.54) is 11.3 Å². The number of halogens is 1. The van der Waals surface area contributed by atoms with Crippen molar-refractivity contribution in [1.29, 1.82) is 0 Å². The molecule has 0 aliphatic carbocycles. The summed E-state index contributed by atoms with van der Waals surface area (Å²) in [5, 5.41) is 13.4. The molecule has 0 atom stereocenters. The third-order valence-corrected chi connectivity index (χ3v) is 3.21. The van der Waals surface area contributed by atoms with Gasteiger partial charge in [0.1, 0.15) is 4.88 Å². The summed E-state index contributed by atoms with van der Waals surface area (Å²) in [5.41, 5.74) is -0.795. The topological polar surface area (TPSA) is 66.4 Å². The Bertz CT molecular complexity index is 414. The Hall–Kier alpha value is -1.07. The number of carbonyl (C=O) groups is 2. The lowest BCUT2D eigenvalue weighted by Gasteiger charge is -2.23. The summed E-state index contributed by atoms with van der Waals surface area (Å²) in [6.45, 7) is 3.31. The van der Waals surface area contributed by atoms with Gasteiger partial charge in [-0.25, -0.2) is 0 Å². The first-order valence-corrected chi connectivity index (χ1v) is 5.85. The molecular weight excluding hydrogens is 250 g/mol. The van der Waals surface area contributed by atoms with E-state index in [-0.39, 0.29) is 12.3 Å². The molecular formula is C10H12ClNO3S. The molecule has 0 saturated carbocycles. The number of amides is 1. The lowest BCUT2D eigenvalue weighted by atomic mass is 10.0.